The molecule has 0 radical (unpaired) electrons. The van der Waals surface area contributed by atoms with Crippen LogP contribution in [0.2, 0.25) is 0 Å². The molecule has 0 aliphatic heterocycles. The van der Waals surface area contributed by atoms with Gasteiger partial charge < -0.3 is 21.9 Å². The Morgan fingerprint density at radius 3 is 1.85 bits per heavy atom. The van der Waals surface area contributed by atoms with Crippen LogP contribution in [0.4, 0.5) is 0 Å². The Balaban J connectivity index is 0. The van der Waals surface area contributed by atoms with Crippen molar-refractivity contribution in [1.29, 1.82) is 0 Å². The van der Waals surface area contributed by atoms with E-state index in [0.717, 1.165) is 12.1 Å². The Kier molecular flexibility index (Phi) is 4.06. The van der Waals surface area contributed by atoms with Gasteiger partial charge in [-0.2, -0.15) is 0 Å². The van der Waals surface area contributed by atoms with Crippen molar-refractivity contribution in [3.8, 4) is 17.2 Å². The molecule has 1 rings (SSSR count). The van der Waals surface area contributed by atoms with Crippen molar-refractivity contribution in [2.75, 3.05) is 0 Å². The van der Waals surface area contributed by atoms with Gasteiger partial charge in [-0.15, -0.1) is 0 Å². The van der Waals surface area contributed by atoms with E-state index in [1.165, 1.54) is 0 Å². The van der Waals surface area contributed by atoms with Crippen molar-refractivity contribution in [3.05, 3.63) is 17.7 Å². The molecule has 0 bridgehead atoms. The fourth-order valence-corrected chi connectivity index (χ4v) is 0.816. The molecule has 0 fully saturated rings. The Bertz CT molecular complexity index is 318. The van der Waals surface area contributed by atoms with Gasteiger partial charge in [-0.1, -0.05) is 0 Å². The van der Waals surface area contributed by atoms with Crippen LogP contribution in [0.5, 0.6) is 17.2 Å². The van der Waals surface area contributed by atoms with Gasteiger partial charge in [0.2, 0.25) is 0 Å². The molecule has 0 amide bonds. The first-order valence-corrected chi connectivity index (χ1v) is 3.00. The van der Waals surface area contributed by atoms with Gasteiger partial charge in [-0.3, -0.25) is 0 Å². The summed E-state index contributed by atoms with van der Waals surface area (Å²) in [6.45, 7) is 0. The Morgan fingerprint density at radius 2 is 1.54 bits per heavy atom. The second-order valence-corrected chi connectivity index (χ2v) is 2.16. The van der Waals surface area contributed by atoms with Crippen LogP contribution in [0.25, 0.3) is 0 Å². The van der Waals surface area contributed by atoms with Crippen LogP contribution in [-0.2, 0) is 0 Å². The summed E-state index contributed by atoms with van der Waals surface area (Å²) in [5.74, 6) is -3.18. The number of aromatic carboxylic acids is 1. The maximum Gasteiger partial charge on any atom is 1.00 e. The minimum absolute atomic E-state index is 0. The second kappa shape index (κ2) is 4.36. The zero-order valence-corrected chi connectivity index (χ0v) is 8.85. The van der Waals surface area contributed by atoms with E-state index in [2.05, 4.69) is 0 Å². The van der Waals surface area contributed by atoms with E-state index >= 15 is 0 Å². The van der Waals surface area contributed by atoms with Crippen molar-refractivity contribution < 1.29 is 56.2 Å². The number of rotatable bonds is 1. The second-order valence-electron chi connectivity index (χ2n) is 2.16. The van der Waals surface area contributed by atoms with E-state index in [0.29, 0.717) is 0 Å². The molecule has 1 aromatic carbocycles. The molecule has 6 heteroatoms. The molecule has 0 saturated heterocycles. The molecular weight excluding hydrogens is 187 g/mol. The molecule has 13 heavy (non-hydrogen) atoms. The van der Waals surface area contributed by atoms with E-state index in [9.17, 15) is 4.79 Å². The average molecular weight is 194 g/mol. The van der Waals surface area contributed by atoms with Gasteiger partial charge in [0.15, 0.2) is 0 Å². The Morgan fingerprint density at radius 1 is 1.15 bits per heavy atom. The maximum atomic E-state index is 10.4. The third-order valence-electron chi connectivity index (χ3n) is 1.30. The van der Waals surface area contributed by atoms with Gasteiger partial charge >= 0.3 is 35.5 Å². The predicted molar refractivity (Wildman–Crippen MR) is 39.5 cm³/mol. The normalized spacial score (nSPS) is 8.92. The minimum Gasteiger partial charge on any atom is -1.00 e. The third kappa shape index (κ3) is 2.51. The van der Waals surface area contributed by atoms with E-state index in [1.807, 2.05) is 0 Å². The van der Waals surface area contributed by atoms with Gasteiger partial charge in [-0.25, -0.2) is 4.79 Å². The minimum atomic E-state index is -1.45. The number of aromatic hydroxyl groups is 3. The van der Waals surface area contributed by atoms with E-state index in [-0.39, 0.29) is 31.0 Å². The van der Waals surface area contributed by atoms with Gasteiger partial charge in [0.25, 0.3) is 0 Å². The summed E-state index contributed by atoms with van der Waals surface area (Å²) in [6.07, 6.45) is 0. The molecule has 0 aliphatic rings. The standard InChI is InChI=1S/C7H6O5.Na.H/c8-3-1-4(9)6(7(11)12)5(10)2-3;;/h1-2,8-10H,(H,11,12);;/q;+1;-1. The van der Waals surface area contributed by atoms with Crippen LogP contribution in [-0.4, -0.2) is 26.4 Å². The third-order valence-corrected chi connectivity index (χ3v) is 1.30. The number of phenolic OH excluding ortho intramolecular Hbond substituents is 1. The van der Waals surface area contributed by atoms with Crippen molar-refractivity contribution >= 4 is 5.97 Å². The van der Waals surface area contributed by atoms with Crippen molar-refractivity contribution in [1.82, 2.24) is 0 Å². The molecule has 66 valence electrons. The van der Waals surface area contributed by atoms with Crippen LogP contribution < -0.4 is 29.6 Å². The molecule has 0 saturated carbocycles. The zero-order chi connectivity index (χ0) is 9.30. The molecule has 5 nitrogen and oxygen atoms in total. The Labute approximate surface area is 97.0 Å². The predicted octanol–water partition coefficient (Wildman–Crippen LogP) is -2.38. The smallest absolute Gasteiger partial charge is 1.00 e. The van der Waals surface area contributed by atoms with Crippen LogP contribution in [0, 0.1) is 0 Å². The fraction of sp³-hybridized carbons (Fsp3) is 0. The summed E-state index contributed by atoms with van der Waals surface area (Å²) in [4.78, 5) is 10.4. The topological polar surface area (TPSA) is 98.0 Å². The quantitative estimate of drug-likeness (QED) is 0.374. The molecule has 1 aromatic rings. The number of carbonyl (C=O) groups is 1. The molecule has 0 unspecified atom stereocenters. The maximum absolute atomic E-state index is 10.4. The summed E-state index contributed by atoms with van der Waals surface area (Å²) < 4.78 is 0. The number of carboxylic acids is 1. The fourth-order valence-electron chi connectivity index (χ4n) is 0.816. The zero-order valence-electron chi connectivity index (χ0n) is 7.85. The van der Waals surface area contributed by atoms with E-state index in [4.69, 9.17) is 20.4 Å². The number of benzene rings is 1. The first kappa shape index (κ1) is 12.1. The number of hydrogen-bond donors (Lipinski definition) is 4. The van der Waals surface area contributed by atoms with E-state index < -0.39 is 28.8 Å². The summed E-state index contributed by atoms with van der Waals surface area (Å²) in [6, 6.07) is 1.67. The molecule has 0 atom stereocenters. The number of hydrogen-bond acceptors (Lipinski definition) is 4. The Hall–Kier alpha value is -0.910. The van der Waals surface area contributed by atoms with Gasteiger partial charge in [0.1, 0.15) is 22.8 Å². The first-order valence-electron chi connectivity index (χ1n) is 3.00. The molecule has 0 aromatic heterocycles. The van der Waals surface area contributed by atoms with Crippen LogP contribution >= 0.6 is 0 Å². The molecular formula is C7H7NaO5. The molecule has 0 spiro atoms. The monoisotopic (exact) mass is 194 g/mol. The SMILES string of the molecule is O=C(O)c1c(O)cc(O)cc1O.[H-].[Na+]. The van der Waals surface area contributed by atoms with Crippen LogP contribution in [0.15, 0.2) is 12.1 Å². The summed E-state index contributed by atoms with van der Waals surface area (Å²) in [5, 5.41) is 35.1. The largest absolute Gasteiger partial charge is 1.00 e. The van der Waals surface area contributed by atoms with Gasteiger partial charge in [-0.05, 0) is 0 Å². The molecule has 4 N–H and O–H groups in total. The number of carboxylic acid groups (broad SMARTS) is 1. The first-order chi connectivity index (χ1) is 5.52. The van der Waals surface area contributed by atoms with Gasteiger partial charge in [0, 0.05) is 12.1 Å². The van der Waals surface area contributed by atoms with E-state index in [1.54, 1.807) is 0 Å². The van der Waals surface area contributed by atoms with Gasteiger partial charge in [0.05, 0.1) is 0 Å². The summed E-state index contributed by atoms with van der Waals surface area (Å²) in [7, 11) is 0. The molecule has 0 heterocycles. The van der Waals surface area contributed by atoms with Crippen LogP contribution in [0.3, 0.4) is 0 Å². The summed E-state index contributed by atoms with van der Waals surface area (Å²) >= 11 is 0. The summed E-state index contributed by atoms with van der Waals surface area (Å²) in [5.41, 5.74) is -0.618. The molecule has 0 aliphatic carbocycles. The van der Waals surface area contributed by atoms with Crippen molar-refractivity contribution in [2.45, 2.75) is 0 Å². The van der Waals surface area contributed by atoms with Crippen molar-refractivity contribution in [3.63, 3.8) is 0 Å². The number of phenols is 3. The van der Waals surface area contributed by atoms with Crippen molar-refractivity contribution in [2.24, 2.45) is 0 Å². The average Bonchev–Trinajstić information content (AvgIpc) is 1.82. The van der Waals surface area contributed by atoms with Crippen LogP contribution in [0.1, 0.15) is 11.8 Å².